The number of benzene rings is 8. The molecule has 0 radical (unpaired) electrons. The molecule has 4 heteroatoms. The highest BCUT2D eigenvalue weighted by molar-refractivity contribution is 7.27. The van der Waals surface area contributed by atoms with E-state index in [-0.39, 0.29) is 0 Å². The molecular formula is C48H29NS3. The van der Waals surface area contributed by atoms with Crippen LogP contribution in [0.3, 0.4) is 0 Å². The first kappa shape index (κ1) is 29.9. The van der Waals surface area contributed by atoms with E-state index in [0.717, 1.165) is 5.69 Å². The molecular weight excluding hydrogens is 687 g/mol. The van der Waals surface area contributed by atoms with Crippen LogP contribution in [0.4, 0.5) is 17.1 Å². The van der Waals surface area contributed by atoms with Crippen LogP contribution in [0.15, 0.2) is 176 Å². The van der Waals surface area contributed by atoms with Crippen molar-refractivity contribution in [2.45, 2.75) is 0 Å². The summed E-state index contributed by atoms with van der Waals surface area (Å²) in [6.45, 7) is 0. The first-order valence-electron chi connectivity index (χ1n) is 17.5. The van der Waals surface area contributed by atoms with Gasteiger partial charge >= 0.3 is 0 Å². The highest BCUT2D eigenvalue weighted by Crippen LogP contribution is 2.52. The molecule has 0 atom stereocenters. The standard InChI is InChI=1S/C48H29NS3/c1-3-12-30(13-4-1)32-22-24-39-44(28-32)52-48-34(31-14-5-2-6-15-31)26-27-40(46(39)48)49(33-23-25-37-35-16-7-9-20-42(35)50-45(37)29-33)41-19-11-18-38-36-17-8-10-21-43(36)51-47(38)41/h1-29H. The van der Waals surface area contributed by atoms with Crippen molar-refractivity contribution in [1.82, 2.24) is 0 Å². The smallest absolute Gasteiger partial charge is 0.0640 e. The molecule has 0 N–H and O–H groups in total. The van der Waals surface area contributed by atoms with Gasteiger partial charge in [-0.1, -0.05) is 133 Å². The molecule has 0 fully saturated rings. The van der Waals surface area contributed by atoms with E-state index in [9.17, 15) is 0 Å². The van der Waals surface area contributed by atoms with Crippen molar-refractivity contribution >= 4 is 112 Å². The predicted octanol–water partition coefficient (Wildman–Crippen LogP) is 15.6. The topological polar surface area (TPSA) is 3.24 Å². The molecule has 0 unspecified atom stereocenters. The Kier molecular flexibility index (Phi) is 6.84. The summed E-state index contributed by atoms with van der Waals surface area (Å²) in [5, 5.41) is 7.80. The second-order valence-corrected chi connectivity index (χ2v) is 16.4. The zero-order valence-corrected chi connectivity index (χ0v) is 30.4. The number of hydrogen-bond donors (Lipinski definition) is 0. The number of anilines is 3. The Morgan fingerprint density at radius 2 is 0.942 bits per heavy atom. The fourth-order valence-electron chi connectivity index (χ4n) is 7.87. The van der Waals surface area contributed by atoms with Crippen LogP contribution >= 0.6 is 34.0 Å². The average Bonchev–Trinajstić information content (AvgIpc) is 3.90. The van der Waals surface area contributed by atoms with Gasteiger partial charge in [0.05, 0.1) is 16.1 Å². The number of nitrogens with zero attached hydrogens (tertiary/aromatic N) is 1. The number of rotatable bonds is 5. The van der Waals surface area contributed by atoms with Gasteiger partial charge in [0.15, 0.2) is 0 Å². The van der Waals surface area contributed by atoms with Gasteiger partial charge in [-0.15, -0.1) is 34.0 Å². The minimum absolute atomic E-state index is 1.16. The first-order valence-corrected chi connectivity index (χ1v) is 20.0. The zero-order valence-electron chi connectivity index (χ0n) is 27.9. The van der Waals surface area contributed by atoms with Crippen LogP contribution in [-0.2, 0) is 0 Å². The Morgan fingerprint density at radius 1 is 0.327 bits per heavy atom. The molecule has 0 amide bonds. The van der Waals surface area contributed by atoms with E-state index in [1.54, 1.807) is 0 Å². The Bertz CT molecular complexity index is 3130. The van der Waals surface area contributed by atoms with Gasteiger partial charge in [-0.25, -0.2) is 0 Å². The van der Waals surface area contributed by atoms with Gasteiger partial charge in [0.2, 0.25) is 0 Å². The lowest BCUT2D eigenvalue weighted by Crippen LogP contribution is -2.10. The highest BCUT2D eigenvalue weighted by atomic mass is 32.1. The lowest BCUT2D eigenvalue weighted by Gasteiger charge is -2.27. The van der Waals surface area contributed by atoms with Crippen molar-refractivity contribution in [1.29, 1.82) is 0 Å². The lowest BCUT2D eigenvalue weighted by molar-refractivity contribution is 1.33. The van der Waals surface area contributed by atoms with Crippen LogP contribution in [0.2, 0.25) is 0 Å². The van der Waals surface area contributed by atoms with Crippen LogP contribution in [0.1, 0.15) is 0 Å². The first-order chi connectivity index (χ1) is 25.8. The largest absolute Gasteiger partial charge is 0.308 e. The van der Waals surface area contributed by atoms with Gasteiger partial charge in [0, 0.05) is 61.5 Å². The third-order valence-electron chi connectivity index (χ3n) is 10.3. The normalized spacial score (nSPS) is 11.8. The second-order valence-electron chi connectivity index (χ2n) is 13.2. The molecule has 11 rings (SSSR count). The van der Waals surface area contributed by atoms with Gasteiger partial charge < -0.3 is 4.90 Å². The van der Waals surface area contributed by atoms with E-state index in [1.807, 2.05) is 34.0 Å². The molecule has 0 spiro atoms. The molecule has 8 aromatic carbocycles. The van der Waals surface area contributed by atoms with Crippen molar-refractivity contribution in [3.63, 3.8) is 0 Å². The molecule has 0 bridgehead atoms. The van der Waals surface area contributed by atoms with Gasteiger partial charge in [0.1, 0.15) is 0 Å². The van der Waals surface area contributed by atoms with E-state index in [4.69, 9.17) is 0 Å². The van der Waals surface area contributed by atoms with Crippen molar-refractivity contribution in [2.24, 2.45) is 0 Å². The summed E-state index contributed by atoms with van der Waals surface area (Å²) < 4.78 is 7.82. The summed E-state index contributed by atoms with van der Waals surface area (Å²) in [7, 11) is 0. The summed E-state index contributed by atoms with van der Waals surface area (Å²) in [5.41, 5.74) is 8.54. The molecule has 0 aliphatic rings. The Labute approximate surface area is 312 Å². The maximum Gasteiger partial charge on any atom is 0.0640 e. The van der Waals surface area contributed by atoms with E-state index in [1.165, 1.54) is 94.1 Å². The molecule has 0 saturated heterocycles. The SMILES string of the molecule is c1ccc(-c2ccc3c(c2)sc2c(-c4ccccc4)ccc(N(c4ccc5c(c4)sc4ccccc45)c4cccc5c4sc4ccccc45)c23)cc1. The fourth-order valence-corrected chi connectivity index (χ4v) is 11.5. The second kappa shape index (κ2) is 11.9. The molecule has 0 saturated carbocycles. The quantitative estimate of drug-likeness (QED) is 0.171. The van der Waals surface area contributed by atoms with Crippen LogP contribution < -0.4 is 4.90 Å². The molecule has 1 nitrogen and oxygen atoms in total. The van der Waals surface area contributed by atoms with Crippen molar-refractivity contribution < 1.29 is 0 Å². The van der Waals surface area contributed by atoms with E-state index in [2.05, 4.69) is 181 Å². The van der Waals surface area contributed by atoms with Gasteiger partial charge in [-0.2, -0.15) is 0 Å². The summed E-state index contributed by atoms with van der Waals surface area (Å²) in [4.78, 5) is 2.54. The number of thiophene rings is 3. The van der Waals surface area contributed by atoms with Crippen molar-refractivity contribution in [3.8, 4) is 22.3 Å². The van der Waals surface area contributed by atoms with Crippen LogP contribution in [0.25, 0.3) is 82.8 Å². The fraction of sp³-hybridized carbons (Fsp3) is 0. The molecule has 3 heterocycles. The summed E-state index contributed by atoms with van der Waals surface area (Å²) in [6, 6.07) is 64.8. The molecule has 3 aromatic heterocycles. The number of fused-ring (bicyclic) bond motifs is 9. The lowest BCUT2D eigenvalue weighted by atomic mass is 9.98. The molecule has 0 aliphatic heterocycles. The third kappa shape index (κ3) is 4.65. The Balaban J connectivity index is 1.24. The van der Waals surface area contributed by atoms with Gasteiger partial charge in [-0.3, -0.25) is 0 Å². The molecule has 11 aromatic rings. The molecule has 0 aliphatic carbocycles. The average molecular weight is 716 g/mol. The predicted molar refractivity (Wildman–Crippen MR) is 231 cm³/mol. The minimum atomic E-state index is 1.16. The third-order valence-corrected chi connectivity index (χ3v) is 13.8. The van der Waals surface area contributed by atoms with E-state index in [0.29, 0.717) is 0 Å². The minimum Gasteiger partial charge on any atom is -0.308 e. The maximum atomic E-state index is 2.54. The van der Waals surface area contributed by atoms with E-state index >= 15 is 0 Å². The summed E-state index contributed by atoms with van der Waals surface area (Å²) in [5.74, 6) is 0. The maximum absolute atomic E-state index is 2.54. The van der Waals surface area contributed by atoms with Crippen molar-refractivity contribution in [2.75, 3.05) is 4.90 Å². The van der Waals surface area contributed by atoms with Crippen LogP contribution in [0.5, 0.6) is 0 Å². The highest BCUT2D eigenvalue weighted by Gasteiger charge is 2.24. The zero-order chi connectivity index (χ0) is 34.2. The monoisotopic (exact) mass is 715 g/mol. The number of hydrogen-bond acceptors (Lipinski definition) is 4. The van der Waals surface area contributed by atoms with Crippen LogP contribution in [0, 0.1) is 0 Å². The Hall–Kier alpha value is -5.78. The van der Waals surface area contributed by atoms with Gasteiger partial charge in [-0.05, 0) is 64.7 Å². The van der Waals surface area contributed by atoms with Gasteiger partial charge in [0.25, 0.3) is 0 Å². The van der Waals surface area contributed by atoms with Crippen molar-refractivity contribution in [3.05, 3.63) is 176 Å². The molecule has 52 heavy (non-hydrogen) atoms. The molecule has 244 valence electrons. The summed E-state index contributed by atoms with van der Waals surface area (Å²) >= 11 is 5.67. The Morgan fingerprint density at radius 3 is 1.75 bits per heavy atom. The van der Waals surface area contributed by atoms with Crippen LogP contribution in [-0.4, -0.2) is 0 Å². The summed E-state index contributed by atoms with van der Waals surface area (Å²) in [6.07, 6.45) is 0. The van der Waals surface area contributed by atoms with E-state index < -0.39 is 0 Å².